The van der Waals surface area contributed by atoms with Gasteiger partial charge in [-0.05, 0) is 55.9 Å². The predicted molar refractivity (Wildman–Crippen MR) is 145 cm³/mol. The Hall–Kier alpha value is -3.67. The maximum atomic E-state index is 13.4. The number of amides is 1. The van der Waals surface area contributed by atoms with Gasteiger partial charge in [-0.15, -0.1) is 5.10 Å². The van der Waals surface area contributed by atoms with Gasteiger partial charge < -0.3 is 15.4 Å². The van der Waals surface area contributed by atoms with Crippen molar-refractivity contribution in [1.29, 1.82) is 0 Å². The minimum atomic E-state index is -4.26. The number of pyridine rings is 2. The van der Waals surface area contributed by atoms with Crippen LogP contribution in [0, 0.1) is 11.3 Å². The molecule has 0 saturated carbocycles. The summed E-state index contributed by atoms with van der Waals surface area (Å²) in [5.41, 5.74) is 5.54. The summed E-state index contributed by atoms with van der Waals surface area (Å²) in [6.45, 7) is 13.7. The second-order valence-electron chi connectivity index (χ2n) is 11.5. The molecule has 3 aromatic heterocycles. The number of nitrogens with two attached hydrogens (primary N) is 1. The molecule has 1 fully saturated rings. The van der Waals surface area contributed by atoms with E-state index in [0.29, 0.717) is 36.6 Å². The van der Waals surface area contributed by atoms with Gasteiger partial charge in [0.15, 0.2) is 5.82 Å². The highest BCUT2D eigenvalue weighted by atomic mass is 32.2. The van der Waals surface area contributed by atoms with E-state index in [2.05, 4.69) is 56.3 Å². The maximum absolute atomic E-state index is 13.4. The first-order valence-electron chi connectivity index (χ1n) is 12.4. The lowest BCUT2D eigenvalue weighted by atomic mass is 9.97. The summed E-state index contributed by atoms with van der Waals surface area (Å²) in [5, 5.41) is 4.48. The third-order valence-electron chi connectivity index (χ3n) is 6.20. The quantitative estimate of drug-likeness (QED) is 0.459. The molecule has 0 radical (unpaired) electrons. The van der Waals surface area contributed by atoms with E-state index in [1.54, 1.807) is 29.1 Å². The summed E-state index contributed by atoms with van der Waals surface area (Å²) >= 11 is 0. The monoisotopic (exact) mass is 541 g/mol. The first kappa shape index (κ1) is 27.4. The molecule has 0 unspecified atom stereocenters. The zero-order chi connectivity index (χ0) is 27.9. The fraction of sp³-hybridized carbons (Fsp3) is 0.462. The molecule has 4 heterocycles. The van der Waals surface area contributed by atoms with Gasteiger partial charge in [0.05, 0.1) is 12.2 Å². The van der Waals surface area contributed by atoms with Crippen molar-refractivity contribution in [3.8, 4) is 11.7 Å². The van der Waals surface area contributed by atoms with Crippen LogP contribution >= 0.6 is 0 Å². The topological polar surface area (TPSA) is 145 Å². The number of ether oxygens (including phenoxy) is 1. The summed E-state index contributed by atoms with van der Waals surface area (Å²) in [6, 6.07) is 7.67. The molecular formula is C26H35N7O4S. The van der Waals surface area contributed by atoms with Crippen molar-refractivity contribution < 1.29 is 17.9 Å². The molecule has 1 aliphatic rings. The van der Waals surface area contributed by atoms with E-state index in [0.717, 1.165) is 6.42 Å². The number of nitrogens with one attached hydrogen (secondary N) is 1. The minimum absolute atomic E-state index is 0.0247. The molecule has 204 valence electrons. The number of nitrogens with zero attached hydrogens (tertiary/aromatic N) is 5. The Labute approximate surface area is 223 Å². The molecule has 3 aromatic rings. The van der Waals surface area contributed by atoms with Crippen LogP contribution in [0.5, 0.6) is 5.88 Å². The Morgan fingerprint density at radius 1 is 1.24 bits per heavy atom. The average Bonchev–Trinajstić information content (AvgIpc) is 3.39. The molecule has 1 amide bonds. The number of rotatable bonds is 7. The Bertz CT molecular complexity index is 1440. The number of sulfonamides is 1. The van der Waals surface area contributed by atoms with E-state index < -0.39 is 15.9 Å². The Kier molecular flexibility index (Phi) is 7.13. The Balaban J connectivity index is 1.71. The minimum Gasteiger partial charge on any atom is -0.476 e. The zero-order valence-corrected chi connectivity index (χ0v) is 23.4. The summed E-state index contributed by atoms with van der Waals surface area (Å²) in [5.74, 6) is 0.646. The molecule has 0 aromatic carbocycles. The number of carbonyl (C=O) groups is 1. The fourth-order valence-corrected chi connectivity index (χ4v) is 5.62. The van der Waals surface area contributed by atoms with E-state index in [9.17, 15) is 13.2 Å². The predicted octanol–water partition coefficient (Wildman–Crippen LogP) is 3.41. The molecule has 4 rings (SSSR count). The molecule has 38 heavy (non-hydrogen) atoms. The number of anilines is 2. The van der Waals surface area contributed by atoms with Crippen LogP contribution in [0.25, 0.3) is 5.82 Å². The second kappa shape index (κ2) is 9.90. The van der Waals surface area contributed by atoms with Crippen molar-refractivity contribution in [3.63, 3.8) is 0 Å². The SMILES string of the molecule is C[C@@H]1CN(c2nc(-n3ccc(OCC(C)(C)C)n3)ccc2C(=O)NS(=O)(=O)c2cccnc2N)C(C)(C)C1. The van der Waals surface area contributed by atoms with Crippen molar-refractivity contribution in [3.05, 3.63) is 48.3 Å². The van der Waals surface area contributed by atoms with Gasteiger partial charge in [0.1, 0.15) is 16.5 Å². The molecule has 0 aliphatic carbocycles. The maximum Gasteiger partial charge on any atom is 0.268 e. The highest BCUT2D eigenvalue weighted by molar-refractivity contribution is 7.90. The number of hydrogen-bond acceptors (Lipinski definition) is 9. The standard InChI is InChI=1S/C26H35N7O4S/c1-17-14-26(5,6)32(15-17)23-18(24(34)31-38(35,36)19-8-7-12-28-22(19)27)9-10-20(29-23)33-13-11-21(30-33)37-16-25(2,3)4/h7-13,17H,14-16H2,1-6H3,(H2,27,28)(H,31,34)/t17-/m0/s1. The number of carbonyl (C=O) groups excluding carboxylic acids is 1. The number of aromatic nitrogens is 4. The van der Waals surface area contributed by atoms with Gasteiger partial charge in [0.2, 0.25) is 5.88 Å². The zero-order valence-electron chi connectivity index (χ0n) is 22.6. The van der Waals surface area contributed by atoms with E-state index in [4.69, 9.17) is 15.5 Å². The fourth-order valence-electron chi connectivity index (χ4n) is 4.57. The van der Waals surface area contributed by atoms with Gasteiger partial charge >= 0.3 is 0 Å². The van der Waals surface area contributed by atoms with Crippen molar-refractivity contribution in [2.45, 2.75) is 58.4 Å². The van der Waals surface area contributed by atoms with Crippen LogP contribution < -0.4 is 20.1 Å². The van der Waals surface area contributed by atoms with E-state index >= 15 is 0 Å². The number of nitrogen functional groups attached to an aromatic ring is 1. The molecule has 11 nitrogen and oxygen atoms in total. The highest BCUT2D eigenvalue weighted by Crippen LogP contribution is 2.37. The first-order valence-corrected chi connectivity index (χ1v) is 13.9. The van der Waals surface area contributed by atoms with Gasteiger partial charge in [-0.2, -0.15) is 0 Å². The van der Waals surface area contributed by atoms with E-state index in [-0.39, 0.29) is 27.2 Å². The third-order valence-corrected chi connectivity index (χ3v) is 7.58. The second-order valence-corrected chi connectivity index (χ2v) is 13.2. The molecule has 0 bridgehead atoms. The van der Waals surface area contributed by atoms with Crippen molar-refractivity contribution >= 4 is 27.6 Å². The molecule has 1 aliphatic heterocycles. The van der Waals surface area contributed by atoms with Crippen molar-refractivity contribution in [2.75, 3.05) is 23.8 Å². The van der Waals surface area contributed by atoms with Crippen LogP contribution in [0.3, 0.4) is 0 Å². The molecular weight excluding hydrogens is 506 g/mol. The smallest absolute Gasteiger partial charge is 0.268 e. The molecule has 3 N–H and O–H groups in total. The van der Waals surface area contributed by atoms with Gasteiger partial charge in [-0.1, -0.05) is 27.7 Å². The van der Waals surface area contributed by atoms with E-state index in [1.807, 2.05) is 4.90 Å². The summed E-state index contributed by atoms with van der Waals surface area (Å²) < 4.78 is 35.4. The highest BCUT2D eigenvalue weighted by Gasteiger charge is 2.39. The van der Waals surface area contributed by atoms with Crippen molar-refractivity contribution in [1.82, 2.24) is 24.5 Å². The lowest BCUT2D eigenvalue weighted by Crippen LogP contribution is -2.41. The Morgan fingerprint density at radius 3 is 2.61 bits per heavy atom. The summed E-state index contributed by atoms with van der Waals surface area (Å²) in [7, 11) is -4.26. The molecule has 0 spiro atoms. The van der Waals surface area contributed by atoms with Crippen LogP contribution in [0.15, 0.2) is 47.6 Å². The summed E-state index contributed by atoms with van der Waals surface area (Å²) in [4.78, 5) is 23.8. The van der Waals surface area contributed by atoms with Crippen LogP contribution in [0.2, 0.25) is 0 Å². The summed E-state index contributed by atoms with van der Waals surface area (Å²) in [6.07, 6.45) is 4.00. The van der Waals surface area contributed by atoms with Crippen LogP contribution in [0.1, 0.15) is 58.3 Å². The molecule has 1 saturated heterocycles. The largest absolute Gasteiger partial charge is 0.476 e. The van der Waals surface area contributed by atoms with Gasteiger partial charge in [-0.3, -0.25) is 4.79 Å². The van der Waals surface area contributed by atoms with Crippen LogP contribution in [-0.2, 0) is 10.0 Å². The van der Waals surface area contributed by atoms with Crippen LogP contribution in [0.4, 0.5) is 11.6 Å². The lowest BCUT2D eigenvalue weighted by Gasteiger charge is -2.34. The van der Waals surface area contributed by atoms with Gasteiger partial charge in [0, 0.05) is 30.5 Å². The van der Waals surface area contributed by atoms with Crippen LogP contribution in [-0.4, -0.2) is 52.8 Å². The first-order chi connectivity index (χ1) is 17.7. The van der Waals surface area contributed by atoms with E-state index in [1.165, 1.54) is 18.3 Å². The van der Waals surface area contributed by atoms with Gasteiger partial charge in [-0.25, -0.2) is 27.8 Å². The third kappa shape index (κ3) is 5.90. The lowest BCUT2D eigenvalue weighted by molar-refractivity contribution is 0.0981. The van der Waals surface area contributed by atoms with Crippen molar-refractivity contribution in [2.24, 2.45) is 11.3 Å². The normalized spacial score (nSPS) is 17.4. The average molecular weight is 542 g/mol. The molecule has 1 atom stereocenters. The molecule has 12 heteroatoms. The van der Waals surface area contributed by atoms with Gasteiger partial charge in [0.25, 0.3) is 15.9 Å². The Morgan fingerprint density at radius 2 is 1.97 bits per heavy atom. The number of hydrogen-bond donors (Lipinski definition) is 2.